The first-order chi connectivity index (χ1) is 12.0. The smallest absolute Gasteiger partial charge is 0.270 e. The van der Waals surface area contributed by atoms with Gasteiger partial charge >= 0.3 is 0 Å². The molecule has 0 fully saturated rings. The summed E-state index contributed by atoms with van der Waals surface area (Å²) < 4.78 is 13.0. The largest absolute Gasteiger partial charge is 0.336 e. The van der Waals surface area contributed by atoms with Gasteiger partial charge in [-0.3, -0.25) is 9.59 Å². The predicted octanol–water partition coefficient (Wildman–Crippen LogP) is 2.97. The predicted molar refractivity (Wildman–Crippen MR) is 93.5 cm³/mol. The minimum absolute atomic E-state index is 0.135. The molecule has 0 radical (unpaired) electrons. The van der Waals surface area contributed by atoms with E-state index >= 15 is 0 Å². The summed E-state index contributed by atoms with van der Waals surface area (Å²) in [5.74, 6) is -0.687. The minimum atomic E-state index is -0.314. The van der Waals surface area contributed by atoms with Gasteiger partial charge in [0.25, 0.3) is 5.91 Å². The van der Waals surface area contributed by atoms with Crippen molar-refractivity contribution < 1.29 is 14.0 Å². The number of halogens is 1. The summed E-state index contributed by atoms with van der Waals surface area (Å²) in [6.07, 6.45) is 0.554. The zero-order valence-corrected chi connectivity index (χ0v) is 13.9. The molecule has 0 bridgehead atoms. The molecule has 2 aromatic rings. The van der Waals surface area contributed by atoms with Crippen LogP contribution < -0.4 is 5.01 Å². The van der Waals surface area contributed by atoms with Crippen LogP contribution in [0.3, 0.4) is 0 Å². The number of hydrazone groups is 1. The summed E-state index contributed by atoms with van der Waals surface area (Å²) in [7, 11) is 1.66. The van der Waals surface area contributed by atoms with Crippen molar-refractivity contribution in [1.29, 1.82) is 0 Å². The second kappa shape index (κ2) is 7.25. The average Bonchev–Trinajstić information content (AvgIpc) is 2.64. The first-order valence-electron chi connectivity index (χ1n) is 8.00. The fourth-order valence-electron chi connectivity index (χ4n) is 2.63. The molecule has 3 rings (SSSR count). The number of anilines is 1. The number of hydrogen-bond donors (Lipinski definition) is 0. The lowest BCUT2D eigenvalue weighted by atomic mass is 10.1. The van der Waals surface area contributed by atoms with E-state index in [-0.39, 0.29) is 24.1 Å². The van der Waals surface area contributed by atoms with Gasteiger partial charge in [0.15, 0.2) is 0 Å². The monoisotopic (exact) mass is 339 g/mol. The zero-order valence-electron chi connectivity index (χ0n) is 13.9. The lowest BCUT2D eigenvalue weighted by Crippen LogP contribution is -2.39. The van der Waals surface area contributed by atoms with Crippen molar-refractivity contribution in [2.24, 2.45) is 5.10 Å². The van der Waals surface area contributed by atoms with Crippen LogP contribution in [0.25, 0.3) is 0 Å². The Morgan fingerprint density at radius 1 is 1.12 bits per heavy atom. The highest BCUT2D eigenvalue weighted by Crippen LogP contribution is 2.20. The normalized spacial score (nSPS) is 14.2. The van der Waals surface area contributed by atoms with Gasteiger partial charge in [-0.05, 0) is 29.8 Å². The molecule has 2 amide bonds. The number of carbonyl (C=O) groups is 2. The van der Waals surface area contributed by atoms with Gasteiger partial charge in [0.05, 0.1) is 5.69 Å². The Balaban J connectivity index is 1.76. The van der Waals surface area contributed by atoms with Crippen molar-refractivity contribution in [1.82, 2.24) is 4.90 Å². The van der Waals surface area contributed by atoms with Gasteiger partial charge in [-0.1, -0.05) is 30.3 Å². The third-order valence-corrected chi connectivity index (χ3v) is 3.96. The van der Waals surface area contributed by atoms with Crippen LogP contribution in [0, 0.1) is 5.82 Å². The van der Waals surface area contributed by atoms with Crippen LogP contribution >= 0.6 is 0 Å². The lowest BCUT2D eigenvalue weighted by molar-refractivity contribution is -0.123. The summed E-state index contributed by atoms with van der Waals surface area (Å²) in [4.78, 5) is 26.3. The molecule has 0 saturated heterocycles. The first-order valence-corrected chi connectivity index (χ1v) is 8.00. The summed E-state index contributed by atoms with van der Waals surface area (Å²) in [6.45, 7) is 0.345. The Bertz CT molecular complexity index is 803. The Hall–Kier alpha value is -3.02. The number of para-hydroxylation sites is 1. The molecule has 2 aromatic carbocycles. The summed E-state index contributed by atoms with van der Waals surface area (Å²) in [5.41, 5.74) is 1.80. The number of amides is 2. The summed E-state index contributed by atoms with van der Waals surface area (Å²) in [5, 5.41) is 5.54. The first kappa shape index (κ1) is 16.8. The second-order valence-electron chi connectivity index (χ2n) is 5.88. The fraction of sp³-hybridized carbons (Fsp3) is 0.211. The minimum Gasteiger partial charge on any atom is -0.336 e. The topological polar surface area (TPSA) is 53.0 Å². The van der Waals surface area contributed by atoms with E-state index in [1.54, 1.807) is 31.3 Å². The molecule has 0 aromatic heterocycles. The molecule has 5 nitrogen and oxygen atoms in total. The van der Waals surface area contributed by atoms with Gasteiger partial charge in [0.2, 0.25) is 5.91 Å². The maximum atomic E-state index is 13.0. The van der Waals surface area contributed by atoms with Gasteiger partial charge in [0.1, 0.15) is 11.5 Å². The number of carbonyl (C=O) groups excluding carboxylic acids is 2. The fourth-order valence-corrected chi connectivity index (χ4v) is 2.63. The molecule has 1 aliphatic rings. The Labute approximate surface area is 145 Å². The molecule has 1 heterocycles. The van der Waals surface area contributed by atoms with Gasteiger partial charge in [-0.25, -0.2) is 9.40 Å². The SMILES string of the molecule is CN(Cc1ccc(F)cc1)C(=O)C1=NN(c2ccccc2)C(=O)CC1. The highest BCUT2D eigenvalue weighted by atomic mass is 19.1. The standard InChI is InChI=1S/C19H18FN3O2/c1-22(13-14-7-9-15(20)10-8-14)19(25)17-11-12-18(24)23(21-17)16-5-3-2-4-6-16/h2-10H,11-13H2,1H3. The third-order valence-electron chi connectivity index (χ3n) is 3.96. The van der Waals surface area contributed by atoms with Crippen molar-refractivity contribution in [2.75, 3.05) is 12.1 Å². The van der Waals surface area contributed by atoms with Crippen molar-refractivity contribution in [2.45, 2.75) is 19.4 Å². The molecule has 0 unspecified atom stereocenters. The third kappa shape index (κ3) is 3.91. The van der Waals surface area contributed by atoms with Crippen molar-refractivity contribution in [3.8, 4) is 0 Å². The van der Waals surface area contributed by atoms with E-state index in [0.29, 0.717) is 24.4 Å². The Kier molecular flexibility index (Phi) is 4.88. The maximum Gasteiger partial charge on any atom is 0.270 e. The molecule has 128 valence electrons. The van der Waals surface area contributed by atoms with Crippen molar-refractivity contribution in [3.05, 3.63) is 66.0 Å². The van der Waals surface area contributed by atoms with E-state index in [1.807, 2.05) is 18.2 Å². The van der Waals surface area contributed by atoms with Crippen LogP contribution in [0.4, 0.5) is 10.1 Å². The quantitative estimate of drug-likeness (QED) is 0.860. The molecule has 1 aliphatic heterocycles. The zero-order chi connectivity index (χ0) is 17.8. The molecular weight excluding hydrogens is 321 g/mol. The molecule has 25 heavy (non-hydrogen) atoms. The van der Waals surface area contributed by atoms with Gasteiger partial charge in [-0.15, -0.1) is 0 Å². The maximum absolute atomic E-state index is 13.0. The second-order valence-corrected chi connectivity index (χ2v) is 5.88. The van der Waals surface area contributed by atoms with Crippen LogP contribution in [0.5, 0.6) is 0 Å². The average molecular weight is 339 g/mol. The lowest BCUT2D eigenvalue weighted by Gasteiger charge is -2.25. The number of hydrogen-bond acceptors (Lipinski definition) is 3. The van der Waals surface area contributed by atoms with Gasteiger partial charge < -0.3 is 4.90 Å². The van der Waals surface area contributed by atoms with Crippen molar-refractivity contribution >= 4 is 23.2 Å². The number of rotatable bonds is 4. The molecule has 0 spiro atoms. The number of nitrogens with zero attached hydrogens (tertiary/aromatic N) is 3. The molecule has 6 heteroatoms. The molecule has 0 atom stereocenters. The van der Waals surface area contributed by atoms with E-state index in [0.717, 1.165) is 5.56 Å². The summed E-state index contributed by atoms with van der Waals surface area (Å²) in [6, 6.07) is 15.0. The molecule has 0 saturated carbocycles. The van der Waals surface area contributed by atoms with Crippen LogP contribution in [-0.2, 0) is 16.1 Å². The van der Waals surface area contributed by atoms with Gasteiger partial charge in [-0.2, -0.15) is 5.10 Å². The molecule has 0 aliphatic carbocycles. The van der Waals surface area contributed by atoms with E-state index in [2.05, 4.69) is 5.10 Å². The molecular formula is C19H18FN3O2. The van der Waals surface area contributed by atoms with E-state index in [9.17, 15) is 14.0 Å². The van der Waals surface area contributed by atoms with Crippen LogP contribution in [0.1, 0.15) is 18.4 Å². The Morgan fingerprint density at radius 3 is 2.48 bits per heavy atom. The van der Waals surface area contributed by atoms with E-state index in [1.165, 1.54) is 22.0 Å². The van der Waals surface area contributed by atoms with E-state index < -0.39 is 0 Å². The molecule has 0 N–H and O–H groups in total. The van der Waals surface area contributed by atoms with E-state index in [4.69, 9.17) is 0 Å². The van der Waals surface area contributed by atoms with Crippen LogP contribution in [0.2, 0.25) is 0 Å². The van der Waals surface area contributed by atoms with Crippen molar-refractivity contribution in [3.63, 3.8) is 0 Å². The van der Waals surface area contributed by atoms with Crippen LogP contribution in [0.15, 0.2) is 59.7 Å². The summed E-state index contributed by atoms with van der Waals surface area (Å²) >= 11 is 0. The Morgan fingerprint density at radius 2 is 1.80 bits per heavy atom. The van der Waals surface area contributed by atoms with Crippen LogP contribution in [-0.4, -0.2) is 29.5 Å². The number of benzene rings is 2. The highest BCUT2D eigenvalue weighted by Gasteiger charge is 2.27. The highest BCUT2D eigenvalue weighted by molar-refractivity contribution is 6.40. The van der Waals surface area contributed by atoms with Gasteiger partial charge in [0, 0.05) is 26.4 Å².